The van der Waals surface area contributed by atoms with Crippen LogP contribution in [0.4, 0.5) is 0 Å². The molecule has 0 bridgehead atoms. The van der Waals surface area contributed by atoms with Crippen LogP contribution >= 0.6 is 24.0 Å². The van der Waals surface area contributed by atoms with E-state index in [-0.39, 0.29) is 29.9 Å². The fraction of sp³-hybridized carbons (Fsp3) is 0.636. The first-order chi connectivity index (χ1) is 13.7. The number of rotatable bonds is 11. The first-order valence-corrected chi connectivity index (χ1v) is 10.6. The smallest absolute Gasteiger partial charge is 0.223 e. The minimum Gasteiger partial charge on any atom is -0.356 e. The molecule has 1 aliphatic rings. The van der Waals surface area contributed by atoms with Crippen molar-refractivity contribution >= 4 is 35.8 Å². The van der Waals surface area contributed by atoms with E-state index in [9.17, 15) is 4.79 Å². The van der Waals surface area contributed by atoms with Crippen LogP contribution in [-0.4, -0.2) is 74.5 Å². The Labute approximate surface area is 193 Å². The zero-order valence-electron chi connectivity index (χ0n) is 18.2. The van der Waals surface area contributed by atoms with Crippen molar-refractivity contribution in [3.63, 3.8) is 0 Å². The first kappa shape index (κ1) is 25.7. The summed E-state index contributed by atoms with van der Waals surface area (Å²) < 4.78 is 0. The van der Waals surface area contributed by atoms with Crippen molar-refractivity contribution in [1.82, 2.24) is 20.4 Å². The minimum atomic E-state index is 0. The second kappa shape index (κ2) is 14.6. The number of hydrogen-bond acceptors (Lipinski definition) is 3. The molecule has 0 spiro atoms. The van der Waals surface area contributed by atoms with E-state index in [0.717, 1.165) is 58.2 Å². The highest BCUT2D eigenvalue weighted by Gasteiger charge is 2.29. The van der Waals surface area contributed by atoms with Crippen molar-refractivity contribution in [3.8, 4) is 0 Å². The molecular weight excluding hydrogens is 477 g/mol. The summed E-state index contributed by atoms with van der Waals surface area (Å²) in [5.74, 6) is 1.43. The lowest BCUT2D eigenvalue weighted by atomic mass is 10.1. The van der Waals surface area contributed by atoms with Gasteiger partial charge < -0.3 is 20.4 Å². The molecule has 0 saturated carbocycles. The van der Waals surface area contributed by atoms with Crippen LogP contribution in [0.1, 0.15) is 32.3 Å². The topological polar surface area (TPSA) is 60.0 Å². The van der Waals surface area contributed by atoms with Crippen LogP contribution < -0.4 is 10.6 Å². The molecule has 29 heavy (non-hydrogen) atoms. The zero-order chi connectivity index (χ0) is 20.2. The molecule has 1 saturated heterocycles. The lowest BCUT2D eigenvalue weighted by Crippen LogP contribution is -2.43. The monoisotopic (exact) mass is 515 g/mol. The van der Waals surface area contributed by atoms with E-state index in [1.54, 1.807) is 7.05 Å². The molecule has 1 unspecified atom stereocenters. The van der Waals surface area contributed by atoms with Gasteiger partial charge in [-0.25, -0.2) is 0 Å². The Morgan fingerprint density at radius 3 is 2.62 bits per heavy atom. The largest absolute Gasteiger partial charge is 0.356 e. The zero-order valence-corrected chi connectivity index (χ0v) is 20.5. The first-order valence-electron chi connectivity index (χ1n) is 10.6. The molecule has 2 rings (SSSR count). The van der Waals surface area contributed by atoms with E-state index in [4.69, 9.17) is 0 Å². The number of likely N-dealkylation sites (N-methyl/N-ethyl adjacent to an activating group) is 1. The predicted molar refractivity (Wildman–Crippen MR) is 132 cm³/mol. The van der Waals surface area contributed by atoms with Crippen molar-refractivity contribution < 1.29 is 4.79 Å². The number of guanidine groups is 1. The summed E-state index contributed by atoms with van der Waals surface area (Å²) in [6.45, 7) is 10.9. The number of carbonyl (C=O) groups is 1. The molecule has 6 nitrogen and oxygen atoms in total. The summed E-state index contributed by atoms with van der Waals surface area (Å²) >= 11 is 0. The molecular formula is C22H38IN5O. The molecule has 1 amide bonds. The second-order valence-corrected chi connectivity index (χ2v) is 7.46. The van der Waals surface area contributed by atoms with Crippen LogP contribution in [0.25, 0.3) is 0 Å². The van der Waals surface area contributed by atoms with Crippen molar-refractivity contribution in [2.45, 2.75) is 33.1 Å². The fourth-order valence-electron chi connectivity index (χ4n) is 3.65. The molecule has 1 heterocycles. The van der Waals surface area contributed by atoms with E-state index in [1.165, 1.54) is 12.0 Å². The van der Waals surface area contributed by atoms with Crippen molar-refractivity contribution in [3.05, 3.63) is 35.9 Å². The van der Waals surface area contributed by atoms with Crippen LogP contribution in [0.5, 0.6) is 0 Å². The number of nitrogens with one attached hydrogen (secondary N) is 2. The van der Waals surface area contributed by atoms with Crippen LogP contribution in [0, 0.1) is 5.92 Å². The molecule has 1 aromatic rings. The van der Waals surface area contributed by atoms with E-state index in [0.29, 0.717) is 12.3 Å². The van der Waals surface area contributed by atoms with E-state index in [2.05, 4.69) is 58.6 Å². The number of nitrogens with zero attached hydrogens (tertiary/aromatic N) is 3. The van der Waals surface area contributed by atoms with Crippen molar-refractivity contribution in [2.24, 2.45) is 10.9 Å². The summed E-state index contributed by atoms with van der Waals surface area (Å²) in [5.41, 5.74) is 1.28. The molecule has 2 N–H and O–H groups in total. The van der Waals surface area contributed by atoms with Gasteiger partial charge in [-0.1, -0.05) is 44.2 Å². The third kappa shape index (κ3) is 9.33. The van der Waals surface area contributed by atoms with Gasteiger partial charge in [-0.05, 0) is 31.5 Å². The Balaban J connectivity index is 0.00000420. The minimum absolute atomic E-state index is 0. The van der Waals surface area contributed by atoms with E-state index in [1.807, 2.05) is 11.0 Å². The summed E-state index contributed by atoms with van der Waals surface area (Å²) in [4.78, 5) is 21.0. The maximum absolute atomic E-state index is 12.3. The van der Waals surface area contributed by atoms with Gasteiger partial charge in [0.1, 0.15) is 0 Å². The number of likely N-dealkylation sites (tertiary alicyclic amines) is 1. The number of benzene rings is 1. The highest BCUT2D eigenvalue weighted by Crippen LogP contribution is 2.17. The molecule has 1 fully saturated rings. The third-order valence-corrected chi connectivity index (χ3v) is 5.30. The average Bonchev–Trinajstić information content (AvgIpc) is 3.08. The lowest BCUT2D eigenvalue weighted by molar-refractivity contribution is -0.127. The number of carbonyl (C=O) groups excluding carboxylic acids is 1. The molecule has 7 heteroatoms. The molecule has 0 radical (unpaired) electrons. The summed E-state index contributed by atoms with van der Waals surface area (Å²) in [7, 11) is 1.80. The number of amides is 1. The van der Waals surface area contributed by atoms with Gasteiger partial charge in [0.2, 0.25) is 5.91 Å². The normalized spacial score (nSPS) is 16.8. The van der Waals surface area contributed by atoms with Crippen LogP contribution in [0.15, 0.2) is 35.3 Å². The van der Waals surface area contributed by atoms with E-state index < -0.39 is 0 Å². The predicted octanol–water partition coefficient (Wildman–Crippen LogP) is 2.59. The van der Waals surface area contributed by atoms with Gasteiger partial charge in [0.25, 0.3) is 0 Å². The summed E-state index contributed by atoms with van der Waals surface area (Å²) in [6.07, 6.45) is 2.72. The average molecular weight is 515 g/mol. The molecule has 1 aromatic carbocycles. The lowest BCUT2D eigenvalue weighted by Gasteiger charge is -2.21. The molecule has 0 aliphatic carbocycles. The molecule has 1 atom stereocenters. The Morgan fingerprint density at radius 2 is 1.97 bits per heavy atom. The molecule has 164 valence electrons. The van der Waals surface area contributed by atoms with Gasteiger partial charge in [0.15, 0.2) is 5.96 Å². The van der Waals surface area contributed by atoms with Gasteiger partial charge in [-0.2, -0.15) is 0 Å². The van der Waals surface area contributed by atoms with Crippen molar-refractivity contribution in [2.75, 3.05) is 52.9 Å². The van der Waals surface area contributed by atoms with Gasteiger partial charge in [-0.15, -0.1) is 24.0 Å². The Hall–Kier alpha value is -1.35. The molecule has 0 aromatic heterocycles. The standard InChI is InChI=1S/C22H37N5O.HI/c1-4-13-26(5-2)15-12-24-22(23-3)25-17-20-16-21(28)27(18-20)14-11-19-9-7-6-8-10-19;/h6-10,20H,4-5,11-18H2,1-3H3,(H2,23,24,25);1H. The van der Waals surface area contributed by atoms with Crippen molar-refractivity contribution in [1.29, 1.82) is 0 Å². The van der Waals surface area contributed by atoms with Crippen LogP contribution in [0.3, 0.4) is 0 Å². The van der Waals surface area contributed by atoms with Gasteiger partial charge in [0.05, 0.1) is 0 Å². The van der Waals surface area contributed by atoms with Gasteiger partial charge in [-0.3, -0.25) is 9.79 Å². The highest BCUT2D eigenvalue weighted by molar-refractivity contribution is 14.0. The highest BCUT2D eigenvalue weighted by atomic mass is 127. The number of hydrogen-bond donors (Lipinski definition) is 2. The van der Waals surface area contributed by atoms with Crippen LogP contribution in [0.2, 0.25) is 0 Å². The third-order valence-electron chi connectivity index (χ3n) is 5.30. The Bertz CT molecular complexity index is 610. The summed E-state index contributed by atoms with van der Waals surface area (Å²) in [6, 6.07) is 10.4. The number of halogens is 1. The van der Waals surface area contributed by atoms with Gasteiger partial charge in [0, 0.05) is 52.1 Å². The maximum Gasteiger partial charge on any atom is 0.223 e. The van der Waals surface area contributed by atoms with Gasteiger partial charge >= 0.3 is 0 Å². The SMILES string of the molecule is CCCN(CC)CCNC(=NC)NCC1CC(=O)N(CCc2ccccc2)C1.I. The Morgan fingerprint density at radius 1 is 1.21 bits per heavy atom. The van der Waals surface area contributed by atoms with E-state index >= 15 is 0 Å². The molecule has 1 aliphatic heterocycles. The Kier molecular flexibility index (Phi) is 12.9. The maximum atomic E-state index is 12.3. The second-order valence-electron chi connectivity index (χ2n) is 7.46. The van der Waals surface area contributed by atoms with Crippen LogP contribution in [-0.2, 0) is 11.2 Å². The summed E-state index contributed by atoms with van der Waals surface area (Å²) in [5, 5.41) is 6.78. The quantitative estimate of drug-likeness (QED) is 0.270. The fourth-order valence-corrected chi connectivity index (χ4v) is 3.65. The number of aliphatic imine (C=N–C) groups is 1.